The first kappa shape index (κ1) is 25.4. The summed E-state index contributed by atoms with van der Waals surface area (Å²) >= 11 is 0. The van der Waals surface area contributed by atoms with Crippen LogP contribution in [0.25, 0.3) is 0 Å². The number of ether oxygens (including phenoxy) is 3. The highest BCUT2D eigenvalue weighted by molar-refractivity contribution is 8.77. The number of hydrogen-bond donors (Lipinski definition) is 3. The number of carbonyl (C=O) groups is 1. The molecule has 0 aliphatic carbocycles. The Labute approximate surface area is 166 Å². The second kappa shape index (κ2) is 17.8. The van der Waals surface area contributed by atoms with Crippen molar-refractivity contribution in [2.24, 2.45) is 0 Å². The van der Waals surface area contributed by atoms with Crippen molar-refractivity contribution in [3.05, 3.63) is 0 Å². The summed E-state index contributed by atoms with van der Waals surface area (Å²) in [5.41, 5.74) is 0. The molecule has 0 aromatic rings. The average Bonchev–Trinajstić information content (AvgIpc) is 2.61. The van der Waals surface area contributed by atoms with Crippen molar-refractivity contribution >= 4 is 35.1 Å². The first-order chi connectivity index (χ1) is 12.5. The average molecular weight is 404 g/mol. The third-order valence-corrected chi connectivity index (χ3v) is 5.66. The lowest BCUT2D eigenvalue weighted by molar-refractivity contribution is 0.0908. The van der Waals surface area contributed by atoms with Gasteiger partial charge in [0.05, 0.1) is 13.2 Å². The summed E-state index contributed by atoms with van der Waals surface area (Å²) in [5.74, 6) is 6.11. The lowest BCUT2D eigenvalue weighted by Crippen LogP contribution is -2.31. The fourth-order valence-electron chi connectivity index (χ4n) is 1.49. The summed E-state index contributed by atoms with van der Waals surface area (Å²) in [5, 5.41) is 8.73. The predicted molar refractivity (Wildman–Crippen MR) is 111 cm³/mol. The molecule has 0 saturated carbocycles. The van der Waals surface area contributed by atoms with Gasteiger partial charge in [-0.3, -0.25) is 0 Å². The van der Waals surface area contributed by atoms with E-state index in [2.05, 4.69) is 48.4 Å². The van der Waals surface area contributed by atoms with Crippen molar-refractivity contribution in [2.75, 3.05) is 59.0 Å². The number of carbonyl (C=O) groups excluding carboxylic acids is 1. The van der Waals surface area contributed by atoms with E-state index in [0.717, 1.165) is 13.1 Å². The molecule has 0 atom stereocenters. The molecule has 0 unspecified atom stereocenters. The van der Waals surface area contributed by atoms with Crippen molar-refractivity contribution in [1.29, 1.82) is 0 Å². The molecule has 0 aliphatic heterocycles. The van der Waals surface area contributed by atoms with Gasteiger partial charge in [0.25, 0.3) is 0 Å². The van der Waals surface area contributed by atoms with Gasteiger partial charge in [-0.15, -0.1) is 5.82 Å². The summed E-state index contributed by atoms with van der Waals surface area (Å²) in [4.78, 5) is 11.4. The van der Waals surface area contributed by atoms with E-state index in [9.17, 15) is 4.79 Å². The number of hydrogen-bond acceptors (Lipinski definition) is 8. The van der Waals surface area contributed by atoms with E-state index in [4.69, 9.17) is 14.2 Å². The smallest absolute Gasteiger partial charge is 0.407 e. The van der Waals surface area contributed by atoms with Crippen molar-refractivity contribution in [3.8, 4) is 11.7 Å². The molecule has 0 fully saturated rings. The molecule has 0 rings (SSSR count). The fourth-order valence-corrected chi connectivity index (χ4v) is 3.69. The monoisotopic (exact) mass is 404 g/mol. The van der Waals surface area contributed by atoms with Crippen LogP contribution in [0.15, 0.2) is 0 Å². The van der Waals surface area contributed by atoms with Crippen molar-refractivity contribution in [3.63, 3.8) is 0 Å². The van der Waals surface area contributed by atoms with Gasteiger partial charge >= 0.3 is 13.5 Å². The van der Waals surface area contributed by atoms with Crippen molar-refractivity contribution < 1.29 is 19.0 Å². The van der Waals surface area contributed by atoms with Gasteiger partial charge in [0, 0.05) is 17.8 Å². The lowest BCUT2D eigenvalue weighted by Gasteiger charge is -2.23. The van der Waals surface area contributed by atoms with E-state index < -0.39 is 6.09 Å². The molecule has 1 radical (unpaired) electrons. The van der Waals surface area contributed by atoms with Crippen LogP contribution in [0.3, 0.4) is 0 Å². The highest BCUT2D eigenvalue weighted by atomic mass is 33.1. The molecule has 149 valence electrons. The standard InChI is InChI=1S/C16H31BN3O4S2/c1-5-19-13-16(2,3)26-25-14-23-11-12-24-15(21)20-8-10-22-9-6-7-17-18-4/h18-19H,5,8-14H2,1-4H3,(H,20,21). The van der Waals surface area contributed by atoms with Gasteiger partial charge in [0.15, 0.2) is 0 Å². The van der Waals surface area contributed by atoms with Crippen LogP contribution in [0.2, 0.25) is 0 Å². The Morgan fingerprint density at radius 3 is 2.77 bits per heavy atom. The zero-order chi connectivity index (χ0) is 19.5. The number of nitrogens with one attached hydrogen (secondary N) is 3. The molecule has 0 spiro atoms. The van der Waals surface area contributed by atoms with Gasteiger partial charge in [0.1, 0.15) is 19.2 Å². The van der Waals surface area contributed by atoms with E-state index >= 15 is 0 Å². The summed E-state index contributed by atoms with van der Waals surface area (Å²) in [6.07, 6.45) is -0.472. The minimum absolute atomic E-state index is 0.152. The summed E-state index contributed by atoms with van der Waals surface area (Å²) in [6.45, 7) is 10.1. The van der Waals surface area contributed by atoms with Gasteiger partial charge in [-0.25, -0.2) is 4.79 Å². The van der Waals surface area contributed by atoms with Crippen LogP contribution >= 0.6 is 21.6 Å². The third kappa shape index (κ3) is 18.2. The Balaban J connectivity index is 3.40. The van der Waals surface area contributed by atoms with Crippen LogP contribution in [0.5, 0.6) is 0 Å². The molecule has 3 N–H and O–H groups in total. The van der Waals surface area contributed by atoms with Gasteiger partial charge in [-0.05, 0) is 27.4 Å². The zero-order valence-electron chi connectivity index (χ0n) is 16.2. The highest BCUT2D eigenvalue weighted by Crippen LogP contribution is 2.34. The van der Waals surface area contributed by atoms with E-state index in [1.165, 1.54) is 0 Å². The SMILES string of the molecule is CCNCC(C)(C)SSCOCCOC(=O)NCCOCC#C[B]NC. The Morgan fingerprint density at radius 2 is 2.04 bits per heavy atom. The first-order valence-corrected chi connectivity index (χ1v) is 10.9. The molecule has 0 aromatic heterocycles. The Morgan fingerprint density at radius 1 is 1.23 bits per heavy atom. The van der Waals surface area contributed by atoms with Crippen LogP contribution in [0.1, 0.15) is 20.8 Å². The maximum absolute atomic E-state index is 11.4. The van der Waals surface area contributed by atoms with E-state index in [0.29, 0.717) is 32.3 Å². The highest BCUT2D eigenvalue weighted by Gasteiger charge is 2.17. The quantitative estimate of drug-likeness (QED) is 0.124. The Hall–Kier alpha value is -0.565. The normalized spacial score (nSPS) is 10.8. The maximum atomic E-state index is 11.4. The van der Waals surface area contributed by atoms with Crippen LogP contribution in [0.4, 0.5) is 4.79 Å². The molecule has 0 aromatic carbocycles. The van der Waals surface area contributed by atoms with Crippen molar-refractivity contribution in [2.45, 2.75) is 25.5 Å². The number of rotatable bonds is 15. The van der Waals surface area contributed by atoms with Gasteiger partial charge < -0.3 is 30.1 Å². The summed E-state index contributed by atoms with van der Waals surface area (Å²) in [7, 11) is 6.85. The van der Waals surface area contributed by atoms with Crippen LogP contribution < -0.4 is 15.9 Å². The number of alkyl carbamates (subject to hydrolysis) is 1. The third-order valence-electron chi connectivity index (χ3n) is 2.69. The predicted octanol–water partition coefficient (Wildman–Crippen LogP) is 1.27. The molecule has 10 heteroatoms. The molecule has 26 heavy (non-hydrogen) atoms. The molecule has 0 heterocycles. The van der Waals surface area contributed by atoms with Gasteiger partial charge in [-0.2, -0.15) is 0 Å². The minimum atomic E-state index is -0.472. The molecule has 0 saturated heterocycles. The molecular weight excluding hydrogens is 373 g/mol. The molecular formula is C16H31BN3O4S2. The van der Waals surface area contributed by atoms with Crippen LogP contribution in [0, 0.1) is 11.7 Å². The van der Waals surface area contributed by atoms with Crippen LogP contribution in [-0.4, -0.2) is 77.3 Å². The zero-order valence-corrected chi connectivity index (χ0v) is 17.8. The van der Waals surface area contributed by atoms with Crippen molar-refractivity contribution in [1.82, 2.24) is 15.9 Å². The largest absolute Gasteiger partial charge is 0.447 e. The van der Waals surface area contributed by atoms with Crippen LogP contribution in [-0.2, 0) is 14.2 Å². The second-order valence-corrected chi connectivity index (χ2v) is 8.59. The Bertz CT molecular complexity index is 420. The summed E-state index contributed by atoms with van der Waals surface area (Å²) < 4.78 is 15.8. The first-order valence-electron chi connectivity index (χ1n) is 8.56. The topological polar surface area (TPSA) is 80.9 Å². The van der Waals surface area contributed by atoms with E-state index in [-0.39, 0.29) is 11.4 Å². The molecule has 0 bridgehead atoms. The number of amides is 1. The van der Waals surface area contributed by atoms with E-state index in [1.54, 1.807) is 36.0 Å². The molecule has 7 nitrogen and oxygen atoms in total. The molecule has 1 amide bonds. The lowest BCUT2D eigenvalue weighted by atomic mass is 9.98. The van der Waals surface area contributed by atoms with Gasteiger partial charge in [-0.1, -0.05) is 34.4 Å². The van der Waals surface area contributed by atoms with Gasteiger partial charge in [0.2, 0.25) is 0 Å². The van der Waals surface area contributed by atoms with E-state index in [1.807, 2.05) is 0 Å². The second-order valence-electron chi connectivity index (χ2n) is 5.64. The molecule has 0 aliphatic rings. The Kier molecular flexibility index (Phi) is 17.4. The summed E-state index contributed by atoms with van der Waals surface area (Å²) in [6, 6.07) is 0. The maximum Gasteiger partial charge on any atom is 0.407 e. The minimum Gasteiger partial charge on any atom is -0.447 e. The fraction of sp³-hybridized carbons (Fsp3) is 0.812.